The minimum atomic E-state index is -0.00735. The van der Waals surface area contributed by atoms with Crippen LogP contribution in [0.15, 0.2) is 47.4 Å². The van der Waals surface area contributed by atoms with Crippen LogP contribution >= 0.6 is 0 Å². The molecule has 0 saturated heterocycles. The summed E-state index contributed by atoms with van der Waals surface area (Å²) in [6.07, 6.45) is 4.43. The molecule has 0 unspecified atom stereocenters. The number of methoxy groups -OCH3 is 1. The third-order valence-corrected chi connectivity index (χ3v) is 6.51. The predicted octanol–water partition coefficient (Wildman–Crippen LogP) is 4.16. The van der Waals surface area contributed by atoms with Crippen molar-refractivity contribution in [1.29, 1.82) is 0 Å². The number of aromatic nitrogens is 1. The van der Waals surface area contributed by atoms with Gasteiger partial charge in [0.1, 0.15) is 11.5 Å². The average Bonchev–Trinajstić information content (AvgIpc) is 3.53. The molecule has 2 aromatic carbocycles. The second-order valence-electron chi connectivity index (χ2n) is 8.13. The molecule has 1 aliphatic rings. The second-order valence-corrected chi connectivity index (χ2v) is 10.2. The Morgan fingerprint density at radius 1 is 1.10 bits per heavy atom. The van der Waals surface area contributed by atoms with Gasteiger partial charge < -0.3 is 14.0 Å². The van der Waals surface area contributed by atoms with Crippen molar-refractivity contribution in [2.75, 3.05) is 13.7 Å². The largest absolute Gasteiger partial charge is 0.497 e. The number of rotatable bonds is 7. The summed E-state index contributed by atoms with van der Waals surface area (Å²) in [6, 6.07) is 12.2. The lowest BCUT2D eigenvalue weighted by Crippen LogP contribution is -2.19. The maximum Gasteiger partial charge on any atom is 0.258 e. The molecule has 5 heteroatoms. The normalized spacial score (nSPS) is 13.8. The van der Waals surface area contributed by atoms with Crippen LogP contribution in [-0.4, -0.2) is 27.8 Å². The molecule has 1 fully saturated rings. The maximum absolute atomic E-state index is 12.7. The first-order chi connectivity index (χ1) is 14.0. The molecular weight excluding hydrogens is 378 g/mol. The Hall–Kier alpha value is -2.53. The standard InChI is InChI=1S/C24H27NO3Si/c1-15(2)29-18-8-10-23(28-14-16-5-6-16)21(12-18)22-13-25(3)24(26)19-9-7-17(27-4)11-20(19)22/h7-13,15-16H,5-6,14H2,1-4H3. The van der Waals surface area contributed by atoms with Gasteiger partial charge in [0.25, 0.3) is 5.56 Å². The molecule has 150 valence electrons. The van der Waals surface area contributed by atoms with E-state index >= 15 is 0 Å². The average molecular weight is 406 g/mol. The number of aryl methyl sites for hydroxylation is 1. The van der Waals surface area contributed by atoms with Crippen molar-refractivity contribution >= 4 is 25.5 Å². The highest BCUT2D eigenvalue weighted by Gasteiger charge is 2.23. The number of nitrogens with zero attached hydrogens (tertiary/aromatic N) is 1. The zero-order valence-corrected chi connectivity index (χ0v) is 18.5. The molecule has 3 aromatic rings. The summed E-state index contributed by atoms with van der Waals surface area (Å²) in [5.41, 5.74) is 2.64. The van der Waals surface area contributed by atoms with Gasteiger partial charge in [-0.1, -0.05) is 36.7 Å². The van der Waals surface area contributed by atoms with E-state index in [0.717, 1.165) is 44.1 Å². The van der Waals surface area contributed by atoms with Gasteiger partial charge in [-0.25, -0.2) is 0 Å². The van der Waals surface area contributed by atoms with E-state index in [-0.39, 0.29) is 5.56 Å². The summed E-state index contributed by atoms with van der Waals surface area (Å²) < 4.78 is 13.3. The molecule has 4 nitrogen and oxygen atoms in total. The van der Waals surface area contributed by atoms with E-state index in [9.17, 15) is 4.79 Å². The van der Waals surface area contributed by atoms with Crippen molar-refractivity contribution < 1.29 is 9.47 Å². The van der Waals surface area contributed by atoms with E-state index in [1.165, 1.54) is 18.0 Å². The van der Waals surface area contributed by atoms with Crippen LogP contribution in [0.5, 0.6) is 11.5 Å². The number of fused-ring (bicyclic) bond motifs is 1. The van der Waals surface area contributed by atoms with E-state index < -0.39 is 0 Å². The fourth-order valence-corrected chi connectivity index (χ4v) is 4.64. The first-order valence-electron chi connectivity index (χ1n) is 10.2. The molecule has 0 amide bonds. The van der Waals surface area contributed by atoms with Crippen LogP contribution in [0.25, 0.3) is 21.9 Å². The van der Waals surface area contributed by atoms with Gasteiger partial charge in [-0.3, -0.25) is 4.79 Å². The third-order valence-electron chi connectivity index (χ3n) is 5.29. The molecule has 29 heavy (non-hydrogen) atoms. The minimum Gasteiger partial charge on any atom is -0.497 e. The zero-order chi connectivity index (χ0) is 20.5. The first kappa shape index (κ1) is 19.8. The highest BCUT2D eigenvalue weighted by atomic mass is 28.2. The molecule has 1 aromatic heterocycles. The monoisotopic (exact) mass is 405 g/mol. The molecule has 4 rings (SSSR count). The highest BCUT2D eigenvalue weighted by Crippen LogP contribution is 2.36. The van der Waals surface area contributed by atoms with Crippen molar-refractivity contribution in [3.05, 3.63) is 52.9 Å². The molecule has 1 aliphatic carbocycles. The van der Waals surface area contributed by atoms with Crippen LogP contribution in [0.2, 0.25) is 5.54 Å². The van der Waals surface area contributed by atoms with Crippen LogP contribution < -0.4 is 20.2 Å². The molecule has 1 heterocycles. The summed E-state index contributed by atoms with van der Waals surface area (Å²) in [6.45, 7) is 5.23. The molecule has 0 atom stereocenters. The second kappa shape index (κ2) is 8.07. The lowest BCUT2D eigenvalue weighted by molar-refractivity contribution is 0.301. The third kappa shape index (κ3) is 4.25. The van der Waals surface area contributed by atoms with Crippen molar-refractivity contribution in [3.8, 4) is 22.6 Å². The lowest BCUT2D eigenvalue weighted by atomic mass is 9.99. The number of benzene rings is 2. The van der Waals surface area contributed by atoms with E-state index in [0.29, 0.717) is 16.8 Å². The van der Waals surface area contributed by atoms with Crippen LogP contribution in [0.4, 0.5) is 0 Å². The summed E-state index contributed by atoms with van der Waals surface area (Å²) in [5, 5.41) is 2.89. The number of hydrogen-bond acceptors (Lipinski definition) is 3. The van der Waals surface area contributed by atoms with Gasteiger partial charge in [0.15, 0.2) is 0 Å². The Labute approximate surface area is 174 Å². The molecule has 1 saturated carbocycles. The summed E-state index contributed by atoms with van der Waals surface area (Å²) in [4.78, 5) is 12.7. The van der Waals surface area contributed by atoms with Gasteiger partial charge in [-0.15, -0.1) is 0 Å². The fraction of sp³-hybridized carbons (Fsp3) is 0.375. The van der Waals surface area contributed by atoms with Crippen LogP contribution in [-0.2, 0) is 7.05 Å². The van der Waals surface area contributed by atoms with Crippen molar-refractivity contribution in [2.24, 2.45) is 13.0 Å². The minimum absolute atomic E-state index is 0.00735. The smallest absolute Gasteiger partial charge is 0.258 e. The maximum atomic E-state index is 12.7. The van der Waals surface area contributed by atoms with E-state index in [1.807, 2.05) is 24.4 Å². The van der Waals surface area contributed by atoms with Gasteiger partial charge in [-0.05, 0) is 43.0 Å². The van der Waals surface area contributed by atoms with Crippen LogP contribution in [0.3, 0.4) is 0 Å². The molecule has 0 spiro atoms. The van der Waals surface area contributed by atoms with Crippen LogP contribution in [0, 0.1) is 5.92 Å². The molecular formula is C24H27NO3Si. The Morgan fingerprint density at radius 3 is 2.59 bits per heavy atom. The van der Waals surface area contributed by atoms with Gasteiger partial charge in [0.05, 0.1) is 23.2 Å². The predicted molar refractivity (Wildman–Crippen MR) is 120 cm³/mol. The van der Waals surface area contributed by atoms with E-state index in [2.05, 4.69) is 32.0 Å². The summed E-state index contributed by atoms with van der Waals surface area (Å²) in [7, 11) is 4.18. The highest BCUT2D eigenvalue weighted by molar-refractivity contribution is 6.55. The molecule has 0 aliphatic heterocycles. The molecule has 0 N–H and O–H groups in total. The van der Waals surface area contributed by atoms with Crippen molar-refractivity contribution in [2.45, 2.75) is 32.2 Å². The summed E-state index contributed by atoms with van der Waals surface area (Å²) >= 11 is 0. The topological polar surface area (TPSA) is 40.5 Å². The zero-order valence-electron chi connectivity index (χ0n) is 17.5. The van der Waals surface area contributed by atoms with Crippen molar-refractivity contribution in [1.82, 2.24) is 4.57 Å². The Morgan fingerprint density at radius 2 is 1.90 bits per heavy atom. The van der Waals surface area contributed by atoms with Gasteiger partial charge in [-0.2, -0.15) is 0 Å². The SMILES string of the molecule is COc1ccc2c(=O)n(C)cc(-c3cc([Si]C(C)C)ccc3OCC3CC3)c2c1. The molecule has 0 bridgehead atoms. The number of hydrogen-bond donors (Lipinski definition) is 0. The van der Waals surface area contributed by atoms with Gasteiger partial charge in [0, 0.05) is 35.1 Å². The first-order valence-corrected chi connectivity index (χ1v) is 11.2. The van der Waals surface area contributed by atoms with Crippen LogP contribution in [0.1, 0.15) is 26.7 Å². The summed E-state index contributed by atoms with van der Waals surface area (Å²) in [5.74, 6) is 2.31. The quantitative estimate of drug-likeness (QED) is 0.554. The van der Waals surface area contributed by atoms with E-state index in [1.54, 1.807) is 18.7 Å². The number of pyridine rings is 1. The Bertz CT molecular complexity index is 1100. The Kier molecular flexibility index (Phi) is 5.50. The van der Waals surface area contributed by atoms with E-state index in [4.69, 9.17) is 9.47 Å². The number of ether oxygens (including phenoxy) is 2. The lowest BCUT2D eigenvalue weighted by Gasteiger charge is -2.17. The van der Waals surface area contributed by atoms with Crippen molar-refractivity contribution in [3.63, 3.8) is 0 Å². The Balaban J connectivity index is 1.92. The van der Waals surface area contributed by atoms with Gasteiger partial charge >= 0.3 is 0 Å². The fourth-order valence-electron chi connectivity index (χ4n) is 3.57. The van der Waals surface area contributed by atoms with Gasteiger partial charge in [0.2, 0.25) is 0 Å². The molecule has 2 radical (unpaired) electrons.